The van der Waals surface area contributed by atoms with E-state index in [4.69, 9.17) is 0 Å². The molecule has 1 aliphatic rings. The van der Waals surface area contributed by atoms with E-state index in [1.807, 2.05) is 32.1 Å². The zero-order valence-electron chi connectivity index (χ0n) is 15.6. The molecule has 0 spiro atoms. The molecule has 142 valence electrons. The van der Waals surface area contributed by atoms with E-state index >= 15 is 0 Å². The van der Waals surface area contributed by atoms with Gasteiger partial charge in [0, 0.05) is 71.7 Å². The third kappa shape index (κ3) is 3.92. The van der Waals surface area contributed by atoms with E-state index in [9.17, 15) is 8.78 Å². The SMILES string of the molecule is CN(C)c1cc(N(C)C2CCN(Cc3cn(C)nc3C(F)F)C2)ncn1. The van der Waals surface area contributed by atoms with Crippen molar-refractivity contribution in [2.75, 3.05) is 44.0 Å². The van der Waals surface area contributed by atoms with Crippen molar-refractivity contribution in [2.45, 2.75) is 25.4 Å². The number of hydrogen-bond donors (Lipinski definition) is 0. The molecule has 1 aliphatic heterocycles. The molecule has 0 aliphatic carbocycles. The third-order valence-corrected chi connectivity index (χ3v) is 4.79. The number of hydrogen-bond acceptors (Lipinski definition) is 6. The molecule has 7 nitrogen and oxygen atoms in total. The number of aryl methyl sites for hydroxylation is 1. The molecule has 1 saturated heterocycles. The quantitative estimate of drug-likeness (QED) is 0.780. The lowest BCUT2D eigenvalue weighted by Gasteiger charge is -2.26. The second kappa shape index (κ2) is 7.53. The average molecular weight is 365 g/mol. The summed E-state index contributed by atoms with van der Waals surface area (Å²) in [5.74, 6) is 1.72. The topological polar surface area (TPSA) is 53.3 Å². The molecule has 26 heavy (non-hydrogen) atoms. The van der Waals surface area contributed by atoms with Crippen molar-refractivity contribution in [2.24, 2.45) is 7.05 Å². The lowest BCUT2D eigenvalue weighted by molar-refractivity contribution is 0.142. The van der Waals surface area contributed by atoms with Crippen molar-refractivity contribution in [3.63, 3.8) is 0 Å². The van der Waals surface area contributed by atoms with Gasteiger partial charge in [0.05, 0.1) is 0 Å². The van der Waals surface area contributed by atoms with E-state index in [2.05, 4.69) is 24.9 Å². The maximum atomic E-state index is 13.1. The Kier molecular flexibility index (Phi) is 5.36. The van der Waals surface area contributed by atoms with Crippen molar-refractivity contribution in [1.82, 2.24) is 24.6 Å². The van der Waals surface area contributed by atoms with Gasteiger partial charge in [-0.05, 0) is 6.42 Å². The summed E-state index contributed by atoms with van der Waals surface area (Å²) >= 11 is 0. The van der Waals surface area contributed by atoms with Gasteiger partial charge in [-0.3, -0.25) is 9.58 Å². The van der Waals surface area contributed by atoms with Gasteiger partial charge in [0.1, 0.15) is 23.7 Å². The summed E-state index contributed by atoms with van der Waals surface area (Å²) in [4.78, 5) is 14.9. The van der Waals surface area contributed by atoms with Gasteiger partial charge in [-0.25, -0.2) is 18.7 Å². The van der Waals surface area contributed by atoms with E-state index < -0.39 is 6.43 Å². The summed E-state index contributed by atoms with van der Waals surface area (Å²) in [6.07, 6.45) is 1.67. The van der Waals surface area contributed by atoms with E-state index in [0.29, 0.717) is 12.1 Å². The molecule has 0 amide bonds. The molecule has 2 aromatic rings. The van der Waals surface area contributed by atoms with Gasteiger partial charge in [0.15, 0.2) is 0 Å². The first-order valence-corrected chi connectivity index (χ1v) is 8.60. The molecule has 3 rings (SSSR count). The molecule has 0 radical (unpaired) electrons. The molecule has 2 aromatic heterocycles. The van der Waals surface area contributed by atoms with Crippen LogP contribution in [-0.4, -0.2) is 64.9 Å². The molecule has 1 unspecified atom stereocenters. The molecule has 1 atom stereocenters. The standard InChI is InChI=1S/C17H25F2N7/c1-23(2)14-7-15(21-11-20-14)25(4)13-5-6-26(10-13)9-12-8-24(3)22-16(12)17(18)19/h7-8,11,13,17H,5-6,9-10H2,1-4H3. The number of likely N-dealkylation sites (N-methyl/N-ethyl adjacent to an activating group) is 1. The Bertz CT molecular complexity index is 746. The molecule has 0 aromatic carbocycles. The third-order valence-electron chi connectivity index (χ3n) is 4.79. The maximum Gasteiger partial charge on any atom is 0.282 e. The van der Waals surface area contributed by atoms with Crippen LogP contribution >= 0.6 is 0 Å². The molecule has 0 bridgehead atoms. The van der Waals surface area contributed by atoms with Crippen molar-refractivity contribution in [3.8, 4) is 0 Å². The van der Waals surface area contributed by atoms with E-state index in [0.717, 1.165) is 31.1 Å². The predicted molar refractivity (Wildman–Crippen MR) is 96.6 cm³/mol. The Morgan fingerprint density at radius 3 is 2.65 bits per heavy atom. The largest absolute Gasteiger partial charge is 0.363 e. The van der Waals surface area contributed by atoms with Crippen molar-refractivity contribution in [1.29, 1.82) is 0 Å². The van der Waals surface area contributed by atoms with Gasteiger partial charge in [0.2, 0.25) is 0 Å². The van der Waals surface area contributed by atoms with Gasteiger partial charge < -0.3 is 9.80 Å². The second-order valence-electron chi connectivity index (χ2n) is 6.93. The Labute approximate surface area is 152 Å². The van der Waals surface area contributed by atoms with Gasteiger partial charge in [-0.2, -0.15) is 5.10 Å². The lowest BCUT2D eigenvalue weighted by Crippen LogP contribution is -2.35. The average Bonchev–Trinajstić information content (AvgIpc) is 3.21. The van der Waals surface area contributed by atoms with Crippen LogP contribution in [0.2, 0.25) is 0 Å². The highest BCUT2D eigenvalue weighted by atomic mass is 19.3. The van der Waals surface area contributed by atoms with Crippen molar-refractivity contribution in [3.05, 3.63) is 29.8 Å². The maximum absolute atomic E-state index is 13.1. The Morgan fingerprint density at radius 2 is 1.96 bits per heavy atom. The van der Waals surface area contributed by atoms with Crippen LogP contribution in [0.25, 0.3) is 0 Å². The first kappa shape index (κ1) is 18.5. The number of halogens is 2. The molecule has 3 heterocycles. The summed E-state index contributed by atoms with van der Waals surface area (Å²) in [5.41, 5.74) is 0.485. The highest BCUT2D eigenvalue weighted by molar-refractivity contribution is 5.49. The number of rotatable bonds is 6. The van der Waals surface area contributed by atoms with E-state index in [1.165, 1.54) is 4.68 Å². The summed E-state index contributed by atoms with van der Waals surface area (Å²) in [6.45, 7) is 2.15. The Hall–Kier alpha value is -2.29. The zero-order chi connectivity index (χ0) is 18.8. The minimum absolute atomic E-state index is 0.115. The van der Waals surface area contributed by atoms with E-state index in [1.54, 1.807) is 19.6 Å². The fraction of sp³-hybridized carbons (Fsp3) is 0.588. The predicted octanol–water partition coefficient (Wildman–Crippen LogP) is 1.92. The van der Waals surface area contributed by atoms with E-state index in [-0.39, 0.29) is 11.7 Å². The number of likely N-dealkylation sites (tertiary alicyclic amines) is 1. The highest BCUT2D eigenvalue weighted by Crippen LogP contribution is 2.26. The fourth-order valence-corrected chi connectivity index (χ4v) is 3.33. The van der Waals surface area contributed by atoms with Crippen LogP contribution in [0.3, 0.4) is 0 Å². The van der Waals surface area contributed by atoms with Crippen LogP contribution in [0, 0.1) is 0 Å². The smallest absolute Gasteiger partial charge is 0.282 e. The monoisotopic (exact) mass is 365 g/mol. The summed E-state index contributed by atoms with van der Waals surface area (Å²) in [6, 6.07) is 2.24. The van der Waals surface area contributed by atoms with Crippen LogP contribution in [-0.2, 0) is 13.6 Å². The second-order valence-corrected chi connectivity index (χ2v) is 6.93. The lowest BCUT2D eigenvalue weighted by atomic mass is 10.2. The van der Waals surface area contributed by atoms with Crippen molar-refractivity contribution >= 4 is 11.6 Å². The molecular weight excluding hydrogens is 340 g/mol. The summed E-state index contributed by atoms with van der Waals surface area (Å²) < 4.78 is 27.7. The molecule has 1 fully saturated rings. The van der Waals surface area contributed by atoms with Gasteiger partial charge >= 0.3 is 0 Å². The molecule has 9 heteroatoms. The van der Waals surface area contributed by atoms with Crippen LogP contribution in [0.5, 0.6) is 0 Å². The van der Waals surface area contributed by atoms with Crippen LogP contribution in [0.1, 0.15) is 24.1 Å². The number of alkyl halides is 2. The van der Waals surface area contributed by atoms with Gasteiger partial charge in [0.25, 0.3) is 6.43 Å². The normalized spacial score (nSPS) is 17.9. The first-order valence-electron chi connectivity index (χ1n) is 8.60. The first-order chi connectivity index (χ1) is 12.3. The van der Waals surface area contributed by atoms with Gasteiger partial charge in [-0.1, -0.05) is 0 Å². The summed E-state index contributed by atoms with van der Waals surface area (Å²) in [5, 5.41) is 3.89. The minimum Gasteiger partial charge on any atom is -0.363 e. The minimum atomic E-state index is -2.54. The van der Waals surface area contributed by atoms with Crippen molar-refractivity contribution < 1.29 is 8.78 Å². The Balaban J connectivity index is 1.66. The highest BCUT2D eigenvalue weighted by Gasteiger charge is 2.28. The summed E-state index contributed by atoms with van der Waals surface area (Å²) in [7, 11) is 7.58. The number of aromatic nitrogens is 4. The number of anilines is 2. The molecular formula is C17H25F2N7. The fourth-order valence-electron chi connectivity index (χ4n) is 3.33. The van der Waals surface area contributed by atoms with Crippen LogP contribution in [0.15, 0.2) is 18.6 Å². The Morgan fingerprint density at radius 1 is 1.23 bits per heavy atom. The molecule has 0 N–H and O–H groups in total. The van der Waals surface area contributed by atoms with Crippen LogP contribution in [0.4, 0.5) is 20.4 Å². The van der Waals surface area contributed by atoms with Gasteiger partial charge in [-0.15, -0.1) is 0 Å². The number of nitrogens with zero attached hydrogens (tertiary/aromatic N) is 7. The zero-order valence-corrected chi connectivity index (χ0v) is 15.6. The molecule has 0 saturated carbocycles. The van der Waals surface area contributed by atoms with Crippen LogP contribution < -0.4 is 9.80 Å².